The first kappa shape index (κ1) is 29.5. The van der Waals surface area contributed by atoms with E-state index in [1.54, 1.807) is 0 Å². The molecule has 0 N–H and O–H groups in total. The zero-order valence-electron chi connectivity index (χ0n) is 18.4. The first-order chi connectivity index (χ1) is 17.6. The lowest BCUT2D eigenvalue weighted by atomic mass is 9.24. The summed E-state index contributed by atoms with van der Waals surface area (Å²) < 4.78 is 217. The van der Waals surface area contributed by atoms with E-state index in [-0.39, 0.29) is 6.42 Å². The van der Waals surface area contributed by atoms with Crippen LogP contribution in [0.4, 0.5) is 65.9 Å². The molecule has 0 bridgehead atoms. The van der Waals surface area contributed by atoms with E-state index >= 15 is 8.78 Å². The smallest absolute Gasteiger partial charge is 0.239 e. The van der Waals surface area contributed by atoms with Crippen LogP contribution in [0.25, 0.3) is 0 Å². The van der Waals surface area contributed by atoms with Gasteiger partial charge in [-0.1, -0.05) is 19.8 Å². The molecule has 1 aliphatic rings. The lowest BCUT2D eigenvalue weighted by Crippen LogP contribution is -2.61. The molecule has 1 aliphatic carbocycles. The lowest BCUT2D eigenvalue weighted by Gasteiger charge is -2.42. The highest BCUT2D eigenvalue weighted by atomic mass is 19.2. The van der Waals surface area contributed by atoms with Crippen molar-refractivity contribution in [3.05, 3.63) is 81.5 Å². The second-order valence-electron chi connectivity index (χ2n) is 8.20. The van der Waals surface area contributed by atoms with Crippen LogP contribution in [0.2, 0.25) is 5.31 Å². The Labute approximate surface area is 203 Å². The molecule has 2 aromatic rings. The van der Waals surface area contributed by atoms with Crippen molar-refractivity contribution in [2.24, 2.45) is 0 Å². The van der Waals surface area contributed by atoms with Crippen LogP contribution in [0.5, 0.6) is 0 Å². The minimum Gasteiger partial charge on any atom is -0.239 e. The van der Waals surface area contributed by atoms with Crippen molar-refractivity contribution >= 4 is 17.6 Å². The van der Waals surface area contributed by atoms with Crippen LogP contribution < -0.4 is 10.9 Å². The zero-order chi connectivity index (χ0) is 29.0. The minimum atomic E-state index is -4.16. The van der Waals surface area contributed by atoms with E-state index < -0.39 is 123 Å². The summed E-state index contributed by atoms with van der Waals surface area (Å²) in [6, 6.07) is 0. The first-order valence-electron chi connectivity index (χ1n) is 10.4. The fourth-order valence-electron chi connectivity index (χ4n) is 4.39. The number of allylic oxidation sites excluding steroid dienone is 4. The minimum absolute atomic E-state index is 0.238. The highest BCUT2D eigenvalue weighted by molar-refractivity contribution is 6.88. The molecule has 0 amide bonds. The number of hydrogen-bond donors (Lipinski definition) is 0. The van der Waals surface area contributed by atoms with Gasteiger partial charge in [0.25, 0.3) is 0 Å². The Morgan fingerprint density at radius 3 is 1.24 bits per heavy atom. The van der Waals surface area contributed by atoms with Crippen molar-refractivity contribution in [2.45, 2.75) is 37.7 Å². The summed E-state index contributed by atoms with van der Waals surface area (Å²) in [4.78, 5) is 0. The molecule has 0 radical (unpaired) electrons. The predicted octanol–water partition coefficient (Wildman–Crippen LogP) is 7.27. The van der Waals surface area contributed by atoms with Crippen LogP contribution in [0.15, 0.2) is 23.3 Å². The van der Waals surface area contributed by atoms with E-state index in [0.717, 1.165) is 0 Å². The van der Waals surface area contributed by atoms with Gasteiger partial charge in [0, 0.05) is 10.9 Å². The molecule has 0 saturated carbocycles. The van der Waals surface area contributed by atoms with Crippen LogP contribution in [0.3, 0.4) is 0 Å². The van der Waals surface area contributed by atoms with Crippen molar-refractivity contribution in [3.63, 3.8) is 0 Å². The maximum Gasteiger partial charge on any atom is 0.242 e. The summed E-state index contributed by atoms with van der Waals surface area (Å²) in [6.45, 7) is -2.65. The Bertz CT molecular complexity index is 1250. The largest absolute Gasteiger partial charge is 0.242 e. The number of alkyl halides is 1. The number of halogens is 15. The number of unbranched alkanes of at least 4 members (excludes halogenated alkanes) is 1. The summed E-state index contributed by atoms with van der Waals surface area (Å²) in [6.07, 6.45) is -6.48. The maximum atomic E-state index is 15.5. The van der Waals surface area contributed by atoms with Gasteiger partial charge in [0.05, 0.1) is 5.31 Å². The second kappa shape index (κ2) is 10.2. The molecule has 16 heteroatoms. The Balaban J connectivity index is 2.70. The lowest BCUT2D eigenvalue weighted by molar-refractivity contribution is 0.203. The van der Waals surface area contributed by atoms with Crippen LogP contribution in [0.1, 0.15) is 26.2 Å². The molecule has 3 rings (SSSR count). The SMILES string of the molecule is CCCCC1(B(c2c(F)c(F)c(F)c(F)c2F)c2c(F)c(F)c(F)c(F)c2F)C(F)=C(F)C(F)=C(F)C1F. The quantitative estimate of drug-likeness (QED) is 0.149. The van der Waals surface area contributed by atoms with Gasteiger partial charge in [-0.05, 0) is 6.42 Å². The molecule has 2 aromatic carbocycles. The van der Waals surface area contributed by atoms with Crippen molar-refractivity contribution in [1.82, 2.24) is 0 Å². The van der Waals surface area contributed by atoms with Crippen molar-refractivity contribution in [1.29, 1.82) is 0 Å². The van der Waals surface area contributed by atoms with Crippen LogP contribution >= 0.6 is 0 Å². The normalized spacial score (nSPS) is 20.1. The molecular weight excluding hydrogens is 560 g/mol. The van der Waals surface area contributed by atoms with Gasteiger partial charge in [-0.25, -0.2) is 65.9 Å². The van der Waals surface area contributed by atoms with E-state index in [0.29, 0.717) is 0 Å². The molecule has 206 valence electrons. The van der Waals surface area contributed by atoms with Crippen LogP contribution in [-0.4, -0.2) is 12.9 Å². The Morgan fingerprint density at radius 2 is 0.895 bits per heavy atom. The fourth-order valence-corrected chi connectivity index (χ4v) is 4.39. The van der Waals surface area contributed by atoms with Gasteiger partial charge in [-0.3, -0.25) is 0 Å². The summed E-state index contributed by atoms with van der Waals surface area (Å²) in [5.41, 5.74) is -5.19. The Morgan fingerprint density at radius 1 is 0.553 bits per heavy atom. The summed E-state index contributed by atoms with van der Waals surface area (Å²) in [5.74, 6) is -41.3. The molecular formula is C22H10BF15. The third-order valence-corrected chi connectivity index (χ3v) is 6.20. The van der Waals surface area contributed by atoms with Crippen molar-refractivity contribution in [2.75, 3.05) is 0 Å². The molecule has 0 saturated heterocycles. The Kier molecular flexibility index (Phi) is 7.95. The molecule has 0 aliphatic heterocycles. The number of benzene rings is 2. The van der Waals surface area contributed by atoms with Gasteiger partial charge < -0.3 is 0 Å². The van der Waals surface area contributed by atoms with Gasteiger partial charge in [-0.15, -0.1) is 0 Å². The topological polar surface area (TPSA) is 0 Å². The van der Waals surface area contributed by atoms with Crippen LogP contribution in [0, 0.1) is 58.2 Å². The predicted molar refractivity (Wildman–Crippen MR) is 103 cm³/mol. The van der Waals surface area contributed by atoms with Crippen molar-refractivity contribution < 1.29 is 65.9 Å². The molecule has 38 heavy (non-hydrogen) atoms. The highest BCUT2D eigenvalue weighted by Gasteiger charge is 2.62. The molecule has 2 unspecified atom stereocenters. The number of rotatable bonds is 6. The van der Waals surface area contributed by atoms with Gasteiger partial charge in [0.1, 0.15) is 5.83 Å². The Hall–Kier alpha value is -3.07. The van der Waals surface area contributed by atoms with Gasteiger partial charge >= 0.3 is 0 Å². The summed E-state index contributed by atoms with van der Waals surface area (Å²) >= 11 is 0. The van der Waals surface area contributed by atoms with Gasteiger partial charge in [0.15, 0.2) is 81.8 Å². The summed E-state index contributed by atoms with van der Waals surface area (Å²) in [5, 5.41) is -4.16. The van der Waals surface area contributed by atoms with Crippen LogP contribution in [-0.2, 0) is 0 Å². The molecule has 2 atom stereocenters. The second-order valence-corrected chi connectivity index (χ2v) is 8.20. The standard InChI is InChI=1S/C22H10BF15/c1-2-3-4-22(20(37)18(35)17(34)19(36)21(22)38)23(5-7(24)11(28)15(32)12(29)8(5)25)6-9(26)13(30)16(33)14(31)10(6)27/h20H,2-4H2,1H3. The van der Waals surface area contributed by atoms with E-state index in [4.69, 9.17) is 0 Å². The average Bonchev–Trinajstić information content (AvgIpc) is 2.90. The molecule has 0 spiro atoms. The monoisotopic (exact) mass is 570 g/mol. The van der Waals surface area contributed by atoms with E-state index in [9.17, 15) is 57.1 Å². The fraction of sp³-hybridized carbons (Fsp3) is 0.273. The van der Waals surface area contributed by atoms with E-state index in [1.165, 1.54) is 6.92 Å². The zero-order valence-corrected chi connectivity index (χ0v) is 18.4. The molecule has 0 fully saturated rings. The van der Waals surface area contributed by atoms with Gasteiger partial charge in [-0.2, -0.15) is 0 Å². The third kappa shape index (κ3) is 3.97. The van der Waals surface area contributed by atoms with Gasteiger partial charge in [0.2, 0.25) is 6.71 Å². The molecule has 0 nitrogen and oxygen atoms in total. The summed E-state index contributed by atoms with van der Waals surface area (Å²) in [7, 11) is 0. The third-order valence-electron chi connectivity index (χ3n) is 6.20. The average molecular weight is 570 g/mol. The molecule has 0 aromatic heterocycles. The highest BCUT2D eigenvalue weighted by Crippen LogP contribution is 2.57. The number of hydrogen-bond acceptors (Lipinski definition) is 0. The molecule has 0 heterocycles. The van der Waals surface area contributed by atoms with E-state index in [1.807, 2.05) is 0 Å². The van der Waals surface area contributed by atoms with Crippen molar-refractivity contribution in [3.8, 4) is 0 Å². The first-order valence-corrected chi connectivity index (χ1v) is 10.4. The maximum absolute atomic E-state index is 15.5. The van der Waals surface area contributed by atoms with E-state index in [2.05, 4.69) is 0 Å².